The molecule has 0 spiro atoms. The monoisotopic (exact) mass is 814 g/mol. The number of likely N-dealkylation sites (N-methyl/N-ethyl adjacent to an activating group) is 1. The van der Waals surface area contributed by atoms with Gasteiger partial charge in [0, 0.05) is 93.8 Å². The number of carbonyl (C=O) groups is 5. The zero-order valence-corrected chi connectivity index (χ0v) is 33.6. The maximum Gasteiger partial charge on any atom is 0.262 e. The van der Waals surface area contributed by atoms with Crippen molar-refractivity contribution >= 4 is 57.5 Å². The highest BCUT2D eigenvalue weighted by molar-refractivity contribution is 6.23. The van der Waals surface area contributed by atoms with Crippen LogP contribution in [-0.4, -0.2) is 122 Å². The first-order valence-corrected chi connectivity index (χ1v) is 20.5. The molecule has 5 aliphatic heterocycles. The number of nitrogens with zero attached hydrogens (tertiary/aromatic N) is 5. The first-order chi connectivity index (χ1) is 29.0. The normalized spacial score (nSPS) is 20.4. The Hall–Kier alpha value is -6.48. The van der Waals surface area contributed by atoms with Crippen molar-refractivity contribution in [2.45, 2.75) is 38.1 Å². The van der Waals surface area contributed by atoms with Crippen molar-refractivity contribution in [2.24, 2.45) is 5.92 Å². The van der Waals surface area contributed by atoms with E-state index in [-0.39, 0.29) is 52.4 Å². The van der Waals surface area contributed by atoms with Gasteiger partial charge < -0.3 is 33.9 Å². The highest BCUT2D eigenvalue weighted by Crippen LogP contribution is 2.41. The number of ether oxygens (including phenoxy) is 1. The van der Waals surface area contributed by atoms with E-state index in [0.717, 1.165) is 46.9 Å². The number of aromatic hydroxyl groups is 1. The molecule has 15 nitrogen and oxygen atoms in total. The third kappa shape index (κ3) is 6.95. The lowest BCUT2D eigenvalue weighted by molar-refractivity contribution is -0.137. The molecule has 1 atom stereocenters. The molecule has 5 amide bonds. The van der Waals surface area contributed by atoms with E-state index in [1.165, 1.54) is 19.2 Å². The Bertz CT molecular complexity index is 2530. The second-order valence-corrected chi connectivity index (χ2v) is 16.2. The maximum atomic E-state index is 13.7. The number of phenols is 1. The van der Waals surface area contributed by atoms with Crippen molar-refractivity contribution in [2.75, 3.05) is 76.3 Å². The van der Waals surface area contributed by atoms with E-state index in [9.17, 15) is 33.9 Å². The number of hydrogen-bond donors (Lipinski definition) is 2. The molecule has 310 valence electrons. The number of piperazine rings is 1. The molecule has 1 aromatic heterocycles. The summed E-state index contributed by atoms with van der Waals surface area (Å²) >= 11 is 0. The Labute approximate surface area is 345 Å². The fraction of sp³-hybridized carbons (Fsp3) is 0.378. The smallest absolute Gasteiger partial charge is 0.262 e. The number of hydrogen-bond acceptors (Lipinski definition) is 12. The first-order valence-electron chi connectivity index (χ1n) is 20.5. The summed E-state index contributed by atoms with van der Waals surface area (Å²) in [4.78, 5) is 87.2. The SMILES string of the molecule is COc1cc(O)c2c(=O)cc(-c3ccc(N4CCN(C(=O)C5CCN(c6ccc7c(c6)C(=O)N(C6CCC(=O)NC6=O)C7=O)CC5)CC4)cc3)oc2c1C1=CCN(C)CC1. The minimum atomic E-state index is -1.01. The molecule has 1 unspecified atom stereocenters. The van der Waals surface area contributed by atoms with E-state index in [1.54, 1.807) is 18.2 Å². The Morgan fingerprint density at radius 1 is 0.800 bits per heavy atom. The number of benzene rings is 3. The number of nitrogens with one attached hydrogen (secondary N) is 1. The summed E-state index contributed by atoms with van der Waals surface area (Å²) in [5, 5.41) is 13.2. The number of methoxy groups -OCH3 is 1. The van der Waals surface area contributed by atoms with Crippen LogP contribution in [0.4, 0.5) is 11.4 Å². The molecule has 3 fully saturated rings. The van der Waals surface area contributed by atoms with Gasteiger partial charge in [0.25, 0.3) is 11.8 Å². The lowest BCUT2D eigenvalue weighted by Gasteiger charge is -2.39. The highest BCUT2D eigenvalue weighted by atomic mass is 16.5. The molecule has 3 saturated heterocycles. The van der Waals surface area contributed by atoms with Gasteiger partial charge in [0.1, 0.15) is 28.7 Å². The van der Waals surface area contributed by atoms with Crippen LogP contribution in [0.5, 0.6) is 11.5 Å². The molecule has 0 radical (unpaired) electrons. The zero-order valence-electron chi connectivity index (χ0n) is 33.6. The predicted octanol–water partition coefficient (Wildman–Crippen LogP) is 3.86. The van der Waals surface area contributed by atoms with Gasteiger partial charge in [-0.25, -0.2) is 0 Å². The number of fused-ring (bicyclic) bond motifs is 2. The number of phenolic OH excluding ortho intramolecular Hbond substituents is 1. The minimum Gasteiger partial charge on any atom is -0.507 e. The fourth-order valence-electron chi connectivity index (χ4n) is 9.22. The number of piperidine rings is 2. The van der Waals surface area contributed by atoms with Gasteiger partial charge in [-0.15, -0.1) is 0 Å². The van der Waals surface area contributed by atoms with Crippen molar-refractivity contribution in [3.63, 3.8) is 0 Å². The van der Waals surface area contributed by atoms with E-state index >= 15 is 0 Å². The van der Waals surface area contributed by atoms with E-state index < -0.39 is 29.7 Å². The summed E-state index contributed by atoms with van der Waals surface area (Å²) in [7, 11) is 3.59. The molecular weight excluding hydrogens is 769 g/mol. The van der Waals surface area contributed by atoms with E-state index in [0.29, 0.717) is 74.8 Å². The fourth-order valence-corrected chi connectivity index (χ4v) is 9.22. The van der Waals surface area contributed by atoms with Crippen LogP contribution in [0.3, 0.4) is 0 Å². The largest absolute Gasteiger partial charge is 0.507 e. The lowest BCUT2D eigenvalue weighted by atomic mass is 9.94. The van der Waals surface area contributed by atoms with Crippen molar-refractivity contribution in [3.8, 4) is 22.8 Å². The van der Waals surface area contributed by atoms with Crippen molar-refractivity contribution < 1.29 is 38.2 Å². The second-order valence-electron chi connectivity index (χ2n) is 16.2. The lowest BCUT2D eigenvalue weighted by Crippen LogP contribution is -2.54. The van der Waals surface area contributed by atoms with Crippen LogP contribution in [0, 0.1) is 5.92 Å². The third-order valence-electron chi connectivity index (χ3n) is 12.6. The van der Waals surface area contributed by atoms with Crippen molar-refractivity contribution in [1.29, 1.82) is 0 Å². The topological polar surface area (TPSA) is 173 Å². The Kier molecular flexibility index (Phi) is 10.1. The summed E-state index contributed by atoms with van der Waals surface area (Å²) in [6.45, 7) is 5.33. The molecular formula is C45H46N6O9. The number of imide groups is 2. The quantitative estimate of drug-likeness (QED) is 0.259. The standard InChI is InChI=1S/C45H46N6O9/c1-47-15-11-27(12-16-47)39-37(59-2)25-35(53)40-34(52)24-36(60-41(39)40)26-3-5-29(6-4-26)49-19-21-50(22-20-49)43(56)28-13-17-48(18-14-28)30-7-8-31-32(23-30)45(58)51(44(31)57)33-9-10-38(54)46-42(33)55/h3-8,11,23-25,28,33,53H,9-10,12-22H2,1-2H3,(H,46,54,55). The molecule has 6 heterocycles. The molecule has 4 aromatic rings. The van der Waals surface area contributed by atoms with Crippen LogP contribution in [0.2, 0.25) is 0 Å². The maximum absolute atomic E-state index is 13.7. The average Bonchev–Trinajstić information content (AvgIpc) is 3.51. The van der Waals surface area contributed by atoms with E-state index in [2.05, 4.69) is 26.1 Å². The molecule has 9 rings (SSSR count). The van der Waals surface area contributed by atoms with Crippen LogP contribution in [0.1, 0.15) is 58.4 Å². The van der Waals surface area contributed by atoms with Crippen LogP contribution in [-0.2, 0) is 14.4 Å². The Morgan fingerprint density at radius 2 is 1.50 bits per heavy atom. The van der Waals surface area contributed by atoms with Gasteiger partial charge in [-0.05, 0) is 80.8 Å². The number of amides is 5. The summed E-state index contributed by atoms with van der Waals surface area (Å²) in [6, 6.07) is 14.8. The molecule has 60 heavy (non-hydrogen) atoms. The van der Waals surface area contributed by atoms with Gasteiger partial charge in [-0.2, -0.15) is 0 Å². The van der Waals surface area contributed by atoms with E-state index in [4.69, 9.17) is 9.15 Å². The second kappa shape index (κ2) is 15.6. The molecule has 5 aliphatic rings. The van der Waals surface area contributed by atoms with Gasteiger partial charge in [0.2, 0.25) is 17.7 Å². The molecule has 0 saturated carbocycles. The molecule has 0 aliphatic carbocycles. The number of anilines is 2. The van der Waals surface area contributed by atoms with E-state index in [1.807, 2.05) is 36.2 Å². The number of rotatable bonds is 7. The van der Waals surface area contributed by atoms with Crippen LogP contribution in [0.15, 0.2) is 69.9 Å². The predicted molar refractivity (Wildman–Crippen MR) is 223 cm³/mol. The van der Waals surface area contributed by atoms with Gasteiger partial charge in [-0.3, -0.25) is 39.0 Å². The van der Waals surface area contributed by atoms with Crippen molar-refractivity contribution in [3.05, 3.63) is 87.6 Å². The third-order valence-corrected chi connectivity index (χ3v) is 12.6. The van der Waals surface area contributed by atoms with Crippen LogP contribution >= 0.6 is 0 Å². The van der Waals surface area contributed by atoms with Gasteiger partial charge in [-0.1, -0.05) is 6.08 Å². The highest BCUT2D eigenvalue weighted by Gasteiger charge is 2.45. The molecule has 15 heteroatoms. The van der Waals surface area contributed by atoms with Crippen LogP contribution < -0.4 is 25.3 Å². The Balaban J connectivity index is 0.819. The van der Waals surface area contributed by atoms with Crippen molar-refractivity contribution in [1.82, 2.24) is 20.0 Å². The minimum absolute atomic E-state index is 0.0617. The first kappa shape index (κ1) is 39.0. The summed E-state index contributed by atoms with van der Waals surface area (Å²) in [5.74, 6) is -1.46. The summed E-state index contributed by atoms with van der Waals surface area (Å²) in [5.41, 5.74) is 4.63. The summed E-state index contributed by atoms with van der Waals surface area (Å²) in [6.07, 6.45) is 4.32. The molecule has 0 bridgehead atoms. The van der Waals surface area contributed by atoms with Crippen LogP contribution in [0.25, 0.3) is 27.9 Å². The summed E-state index contributed by atoms with van der Waals surface area (Å²) < 4.78 is 12.1. The van der Waals surface area contributed by atoms with Gasteiger partial charge in [0.15, 0.2) is 11.0 Å². The number of carbonyl (C=O) groups excluding carboxylic acids is 5. The Morgan fingerprint density at radius 3 is 2.18 bits per heavy atom. The van der Waals surface area contributed by atoms with Gasteiger partial charge in [0.05, 0.1) is 23.8 Å². The molecule has 3 aromatic carbocycles. The molecule has 2 N–H and O–H groups in total. The van der Waals surface area contributed by atoms with Gasteiger partial charge >= 0.3 is 0 Å². The zero-order chi connectivity index (χ0) is 41.8. The average molecular weight is 815 g/mol.